The lowest BCUT2D eigenvalue weighted by atomic mass is 9.67. The van der Waals surface area contributed by atoms with Gasteiger partial charge in [-0.3, -0.25) is 0 Å². The monoisotopic (exact) mass is 305 g/mol. The molecular formula is C15H19F4NO. The van der Waals surface area contributed by atoms with E-state index in [1.165, 1.54) is 6.07 Å². The summed E-state index contributed by atoms with van der Waals surface area (Å²) in [5.41, 5.74) is -0.750. The first-order chi connectivity index (χ1) is 9.86. The molecule has 1 aliphatic carbocycles. The van der Waals surface area contributed by atoms with E-state index in [9.17, 15) is 17.6 Å². The van der Waals surface area contributed by atoms with Gasteiger partial charge in [-0.05, 0) is 42.4 Å². The molecule has 118 valence electrons. The number of hydrogen-bond acceptors (Lipinski definition) is 2. The molecule has 1 aromatic rings. The summed E-state index contributed by atoms with van der Waals surface area (Å²) < 4.78 is 51.0. The molecule has 2 rings (SSSR count). The first kappa shape index (κ1) is 16.2. The van der Waals surface area contributed by atoms with E-state index in [0.717, 1.165) is 31.4 Å². The van der Waals surface area contributed by atoms with Gasteiger partial charge < -0.3 is 10.4 Å². The van der Waals surface area contributed by atoms with Gasteiger partial charge in [0, 0.05) is 19.7 Å². The van der Waals surface area contributed by atoms with Gasteiger partial charge in [-0.1, -0.05) is 12.5 Å². The number of hydrogen-bond donors (Lipinski definition) is 2. The van der Waals surface area contributed by atoms with Crippen molar-refractivity contribution in [3.05, 3.63) is 35.1 Å². The molecule has 0 radical (unpaired) electrons. The highest BCUT2D eigenvalue weighted by Gasteiger charge is 2.36. The predicted molar refractivity (Wildman–Crippen MR) is 71.1 cm³/mol. The fourth-order valence-electron chi connectivity index (χ4n) is 2.80. The van der Waals surface area contributed by atoms with Crippen molar-refractivity contribution in [1.29, 1.82) is 0 Å². The Morgan fingerprint density at radius 3 is 2.48 bits per heavy atom. The van der Waals surface area contributed by atoms with E-state index in [1.54, 1.807) is 0 Å². The minimum absolute atomic E-state index is 0.0711. The average molecular weight is 305 g/mol. The second kappa shape index (κ2) is 6.32. The smallest absolute Gasteiger partial charge is 0.396 e. The maximum atomic E-state index is 13.2. The minimum atomic E-state index is -4.67. The van der Waals surface area contributed by atoms with E-state index >= 15 is 0 Å². The zero-order valence-electron chi connectivity index (χ0n) is 11.6. The van der Waals surface area contributed by atoms with Gasteiger partial charge in [-0.15, -0.1) is 0 Å². The van der Waals surface area contributed by atoms with Crippen LogP contribution in [0.3, 0.4) is 0 Å². The highest BCUT2D eigenvalue weighted by molar-refractivity contribution is 5.27. The molecule has 0 saturated heterocycles. The second-order valence-corrected chi connectivity index (χ2v) is 5.74. The molecule has 1 aromatic carbocycles. The molecule has 0 unspecified atom stereocenters. The van der Waals surface area contributed by atoms with Crippen molar-refractivity contribution in [3.63, 3.8) is 0 Å². The molecule has 0 aromatic heterocycles. The van der Waals surface area contributed by atoms with E-state index in [1.807, 2.05) is 0 Å². The molecular weight excluding hydrogens is 286 g/mol. The summed E-state index contributed by atoms with van der Waals surface area (Å²) >= 11 is 0. The molecule has 1 aliphatic rings. The summed E-state index contributed by atoms with van der Waals surface area (Å²) in [5.74, 6) is -1.25. The maximum absolute atomic E-state index is 13.2. The van der Waals surface area contributed by atoms with Crippen LogP contribution >= 0.6 is 0 Å². The van der Waals surface area contributed by atoms with Gasteiger partial charge in [0.1, 0.15) is 5.82 Å². The molecule has 0 aliphatic heterocycles. The van der Waals surface area contributed by atoms with E-state index in [2.05, 4.69) is 5.32 Å². The van der Waals surface area contributed by atoms with Crippen molar-refractivity contribution in [2.24, 2.45) is 5.41 Å². The van der Waals surface area contributed by atoms with Crippen LogP contribution in [0, 0.1) is 11.2 Å². The molecule has 2 nitrogen and oxygen atoms in total. The summed E-state index contributed by atoms with van der Waals surface area (Å²) in [6.45, 7) is 1.04. The average Bonchev–Trinajstić information content (AvgIpc) is 2.36. The van der Waals surface area contributed by atoms with E-state index < -0.39 is 17.6 Å². The number of aliphatic hydroxyl groups excluding tert-OH is 1. The van der Waals surface area contributed by atoms with Gasteiger partial charge in [0.15, 0.2) is 0 Å². The van der Waals surface area contributed by atoms with Gasteiger partial charge >= 0.3 is 6.18 Å². The largest absolute Gasteiger partial charge is 0.419 e. The van der Waals surface area contributed by atoms with E-state index in [-0.39, 0.29) is 18.6 Å². The lowest BCUT2D eigenvalue weighted by Crippen LogP contribution is -2.40. The summed E-state index contributed by atoms with van der Waals surface area (Å²) in [7, 11) is 0. The topological polar surface area (TPSA) is 32.3 Å². The Balaban J connectivity index is 1.95. The third-order valence-electron chi connectivity index (χ3n) is 4.22. The number of rotatable bonds is 6. The van der Waals surface area contributed by atoms with Gasteiger partial charge in [-0.25, -0.2) is 4.39 Å². The molecule has 2 N–H and O–H groups in total. The van der Waals surface area contributed by atoms with Crippen LogP contribution in [0.5, 0.6) is 0 Å². The number of nitrogens with one attached hydrogen (secondary N) is 1. The van der Waals surface area contributed by atoms with Crippen molar-refractivity contribution in [2.45, 2.75) is 38.4 Å². The summed E-state index contributed by atoms with van der Waals surface area (Å²) in [6, 6.07) is 3.06. The Labute approximate surface area is 121 Å². The zero-order valence-corrected chi connectivity index (χ0v) is 11.6. The lowest BCUT2D eigenvalue weighted by molar-refractivity contribution is -0.140. The molecule has 0 atom stereocenters. The van der Waals surface area contributed by atoms with Crippen LogP contribution in [0.25, 0.3) is 0 Å². The van der Waals surface area contributed by atoms with E-state index in [0.29, 0.717) is 18.5 Å². The Morgan fingerprint density at radius 2 is 1.95 bits per heavy atom. The summed E-state index contributed by atoms with van der Waals surface area (Å²) in [6.07, 6.45) is -0.796. The highest BCUT2D eigenvalue weighted by atomic mass is 19.4. The fraction of sp³-hybridized carbons (Fsp3) is 0.600. The molecule has 0 heterocycles. The molecule has 0 amide bonds. The van der Waals surface area contributed by atoms with Gasteiger partial charge in [0.05, 0.1) is 5.56 Å². The minimum Gasteiger partial charge on any atom is -0.396 e. The summed E-state index contributed by atoms with van der Waals surface area (Å²) in [5, 5.41) is 12.2. The Bertz CT molecular complexity index is 483. The molecule has 0 bridgehead atoms. The van der Waals surface area contributed by atoms with Crippen molar-refractivity contribution in [2.75, 3.05) is 13.2 Å². The molecule has 1 saturated carbocycles. The highest BCUT2D eigenvalue weighted by Crippen LogP contribution is 2.43. The third kappa shape index (κ3) is 3.95. The van der Waals surface area contributed by atoms with Crippen LogP contribution < -0.4 is 5.32 Å². The second-order valence-electron chi connectivity index (χ2n) is 5.74. The van der Waals surface area contributed by atoms with Crippen LogP contribution in [0.4, 0.5) is 17.6 Å². The quantitative estimate of drug-likeness (QED) is 0.789. The van der Waals surface area contributed by atoms with Crippen molar-refractivity contribution in [1.82, 2.24) is 5.32 Å². The number of aliphatic hydroxyl groups is 1. The van der Waals surface area contributed by atoms with Gasteiger partial charge in [-0.2, -0.15) is 13.2 Å². The van der Waals surface area contributed by atoms with Gasteiger partial charge in [0.2, 0.25) is 0 Å². The van der Waals surface area contributed by atoms with Crippen molar-refractivity contribution in [3.8, 4) is 0 Å². The van der Waals surface area contributed by atoms with Crippen LogP contribution in [-0.4, -0.2) is 18.3 Å². The predicted octanol–water partition coefficient (Wildman–Crippen LogP) is 3.49. The molecule has 6 heteroatoms. The van der Waals surface area contributed by atoms with Crippen LogP contribution in [0.1, 0.15) is 36.8 Å². The van der Waals surface area contributed by atoms with Crippen LogP contribution in [0.2, 0.25) is 0 Å². The van der Waals surface area contributed by atoms with Crippen LogP contribution in [0.15, 0.2) is 18.2 Å². The van der Waals surface area contributed by atoms with E-state index in [4.69, 9.17) is 5.11 Å². The Hall–Kier alpha value is -1.14. The lowest BCUT2D eigenvalue weighted by Gasteiger charge is -2.42. The number of benzene rings is 1. The normalized spacial score (nSPS) is 17.6. The first-order valence-corrected chi connectivity index (χ1v) is 7.04. The molecule has 21 heavy (non-hydrogen) atoms. The number of alkyl halides is 3. The Kier molecular flexibility index (Phi) is 4.88. The van der Waals surface area contributed by atoms with Crippen molar-refractivity contribution < 1.29 is 22.7 Å². The first-order valence-electron chi connectivity index (χ1n) is 7.04. The fourth-order valence-corrected chi connectivity index (χ4v) is 2.80. The molecule has 0 spiro atoms. The molecule has 1 fully saturated rings. The van der Waals surface area contributed by atoms with Gasteiger partial charge in [0.25, 0.3) is 0 Å². The third-order valence-corrected chi connectivity index (χ3v) is 4.22. The Morgan fingerprint density at radius 1 is 1.24 bits per heavy atom. The van der Waals surface area contributed by atoms with Crippen LogP contribution in [-0.2, 0) is 12.7 Å². The number of halogens is 4. The van der Waals surface area contributed by atoms with Crippen molar-refractivity contribution >= 4 is 0 Å². The standard InChI is InChI=1S/C15H19F4NO/c16-13-3-2-11(8-12(13)15(17,18)19)9-20-10-14(6-7-21)4-1-5-14/h2-3,8,20-21H,1,4-7,9-10H2. The summed E-state index contributed by atoms with van der Waals surface area (Å²) in [4.78, 5) is 0. The maximum Gasteiger partial charge on any atom is 0.419 e. The zero-order chi connectivity index (χ0) is 15.5. The SMILES string of the molecule is OCCC1(CNCc2ccc(F)c(C(F)(F)F)c2)CCC1.